The zero-order valence-electron chi connectivity index (χ0n) is 14.1. The van der Waals surface area contributed by atoms with Gasteiger partial charge >= 0.3 is 0 Å². The van der Waals surface area contributed by atoms with Gasteiger partial charge in [-0.1, -0.05) is 12.1 Å². The van der Waals surface area contributed by atoms with Crippen LogP contribution in [0.2, 0.25) is 0 Å². The standard InChI is InChI=1S/C18H21NO5S/c1-22-17-4-2-3-15(13-17)14-24-16-5-7-18(8-6-16)25(20,21)19-9-11-23-12-10-19/h2-8,13H,9-12,14H2,1H3. The number of methoxy groups -OCH3 is 1. The summed E-state index contributed by atoms with van der Waals surface area (Å²) >= 11 is 0. The van der Waals surface area contributed by atoms with E-state index in [4.69, 9.17) is 14.2 Å². The highest BCUT2D eigenvalue weighted by molar-refractivity contribution is 7.89. The average Bonchev–Trinajstić information content (AvgIpc) is 2.67. The Morgan fingerprint density at radius 2 is 1.76 bits per heavy atom. The van der Waals surface area contributed by atoms with E-state index >= 15 is 0 Å². The molecule has 25 heavy (non-hydrogen) atoms. The topological polar surface area (TPSA) is 65.1 Å². The van der Waals surface area contributed by atoms with Gasteiger partial charge in [0.2, 0.25) is 10.0 Å². The third-order valence-electron chi connectivity index (χ3n) is 3.97. The van der Waals surface area contributed by atoms with E-state index in [1.165, 1.54) is 4.31 Å². The summed E-state index contributed by atoms with van der Waals surface area (Å²) in [5.74, 6) is 1.39. The smallest absolute Gasteiger partial charge is 0.243 e. The quantitative estimate of drug-likeness (QED) is 0.788. The van der Waals surface area contributed by atoms with Crippen molar-refractivity contribution in [3.8, 4) is 11.5 Å². The van der Waals surface area contributed by atoms with Crippen molar-refractivity contribution in [2.75, 3.05) is 33.4 Å². The maximum Gasteiger partial charge on any atom is 0.243 e. The summed E-state index contributed by atoms with van der Waals surface area (Å²) in [5.41, 5.74) is 0.976. The molecule has 1 aliphatic heterocycles. The van der Waals surface area contributed by atoms with Gasteiger partial charge in [-0.05, 0) is 42.0 Å². The molecule has 1 saturated heterocycles. The van der Waals surface area contributed by atoms with E-state index in [1.54, 1.807) is 31.4 Å². The summed E-state index contributed by atoms with van der Waals surface area (Å²) in [6.45, 7) is 2.02. The minimum Gasteiger partial charge on any atom is -0.497 e. The van der Waals surface area contributed by atoms with Crippen molar-refractivity contribution in [2.45, 2.75) is 11.5 Å². The lowest BCUT2D eigenvalue weighted by atomic mass is 10.2. The van der Waals surface area contributed by atoms with E-state index in [0.29, 0.717) is 38.7 Å². The fourth-order valence-electron chi connectivity index (χ4n) is 2.57. The van der Waals surface area contributed by atoms with Crippen molar-refractivity contribution in [3.05, 3.63) is 54.1 Å². The molecular formula is C18H21NO5S. The van der Waals surface area contributed by atoms with Crippen molar-refractivity contribution < 1.29 is 22.6 Å². The Morgan fingerprint density at radius 1 is 1.04 bits per heavy atom. The van der Waals surface area contributed by atoms with Crippen LogP contribution in [0.1, 0.15) is 5.56 Å². The summed E-state index contributed by atoms with van der Waals surface area (Å²) in [4.78, 5) is 0.267. The molecule has 0 atom stereocenters. The minimum absolute atomic E-state index is 0.267. The van der Waals surface area contributed by atoms with Crippen LogP contribution in [0.5, 0.6) is 11.5 Å². The number of morpholine rings is 1. The van der Waals surface area contributed by atoms with E-state index in [2.05, 4.69) is 0 Å². The first-order valence-corrected chi connectivity index (χ1v) is 9.47. The van der Waals surface area contributed by atoms with Crippen LogP contribution in [0.15, 0.2) is 53.4 Å². The zero-order chi connectivity index (χ0) is 17.7. The van der Waals surface area contributed by atoms with Crippen molar-refractivity contribution >= 4 is 10.0 Å². The lowest BCUT2D eigenvalue weighted by Crippen LogP contribution is -2.40. The predicted octanol–water partition coefficient (Wildman–Crippen LogP) is 2.30. The Morgan fingerprint density at radius 3 is 2.44 bits per heavy atom. The second-order valence-electron chi connectivity index (χ2n) is 5.63. The average molecular weight is 363 g/mol. The molecule has 1 fully saturated rings. The summed E-state index contributed by atoms with van der Waals surface area (Å²) < 4.78 is 42.7. The molecule has 0 amide bonds. The number of ether oxygens (including phenoxy) is 3. The molecule has 0 radical (unpaired) electrons. The highest BCUT2D eigenvalue weighted by atomic mass is 32.2. The molecule has 2 aromatic carbocycles. The number of benzene rings is 2. The van der Waals surface area contributed by atoms with Gasteiger partial charge in [-0.25, -0.2) is 8.42 Å². The largest absolute Gasteiger partial charge is 0.497 e. The first-order valence-electron chi connectivity index (χ1n) is 8.03. The van der Waals surface area contributed by atoms with Crippen LogP contribution in [-0.2, 0) is 21.4 Å². The van der Waals surface area contributed by atoms with Gasteiger partial charge in [-0.15, -0.1) is 0 Å². The molecule has 0 bridgehead atoms. The van der Waals surface area contributed by atoms with Gasteiger partial charge in [0, 0.05) is 13.1 Å². The van der Waals surface area contributed by atoms with E-state index in [-0.39, 0.29) is 4.90 Å². The molecule has 0 N–H and O–H groups in total. The second-order valence-corrected chi connectivity index (χ2v) is 7.57. The van der Waals surface area contributed by atoms with E-state index in [9.17, 15) is 8.42 Å². The van der Waals surface area contributed by atoms with Crippen LogP contribution in [0.25, 0.3) is 0 Å². The molecule has 2 aromatic rings. The van der Waals surface area contributed by atoms with E-state index in [0.717, 1.165) is 11.3 Å². The van der Waals surface area contributed by atoms with Gasteiger partial charge in [0.1, 0.15) is 18.1 Å². The molecule has 3 rings (SSSR count). The summed E-state index contributed by atoms with van der Waals surface area (Å²) in [6.07, 6.45) is 0. The molecule has 1 heterocycles. The predicted molar refractivity (Wildman–Crippen MR) is 93.3 cm³/mol. The van der Waals surface area contributed by atoms with E-state index < -0.39 is 10.0 Å². The van der Waals surface area contributed by atoms with E-state index in [1.807, 2.05) is 24.3 Å². The summed E-state index contributed by atoms with van der Waals surface area (Å²) in [5, 5.41) is 0. The number of hydrogen-bond donors (Lipinski definition) is 0. The van der Waals surface area contributed by atoms with Gasteiger partial charge in [0.05, 0.1) is 25.2 Å². The van der Waals surface area contributed by atoms with Gasteiger partial charge in [0.25, 0.3) is 0 Å². The van der Waals surface area contributed by atoms with Crippen LogP contribution < -0.4 is 9.47 Å². The van der Waals surface area contributed by atoms with Gasteiger partial charge in [0.15, 0.2) is 0 Å². The Bertz CT molecular complexity index is 798. The molecular weight excluding hydrogens is 342 g/mol. The third-order valence-corrected chi connectivity index (χ3v) is 5.88. The molecule has 0 saturated carbocycles. The molecule has 1 aliphatic rings. The van der Waals surface area contributed by atoms with Crippen LogP contribution in [-0.4, -0.2) is 46.1 Å². The molecule has 0 unspecified atom stereocenters. The first kappa shape index (κ1) is 17.7. The van der Waals surface area contributed by atoms with Crippen molar-refractivity contribution in [1.82, 2.24) is 4.31 Å². The van der Waals surface area contributed by atoms with Crippen molar-refractivity contribution in [3.63, 3.8) is 0 Å². The van der Waals surface area contributed by atoms with Crippen LogP contribution in [0.3, 0.4) is 0 Å². The fraction of sp³-hybridized carbons (Fsp3) is 0.333. The minimum atomic E-state index is -3.47. The first-order chi connectivity index (χ1) is 12.1. The molecule has 0 aliphatic carbocycles. The molecule has 0 spiro atoms. The third kappa shape index (κ3) is 4.31. The molecule has 134 valence electrons. The normalized spacial score (nSPS) is 15.7. The fourth-order valence-corrected chi connectivity index (χ4v) is 3.98. The lowest BCUT2D eigenvalue weighted by molar-refractivity contribution is 0.0730. The summed E-state index contributed by atoms with van der Waals surface area (Å²) in [6, 6.07) is 14.1. The summed E-state index contributed by atoms with van der Waals surface area (Å²) in [7, 11) is -1.86. The number of sulfonamides is 1. The number of hydrogen-bond acceptors (Lipinski definition) is 5. The number of rotatable bonds is 6. The molecule has 0 aromatic heterocycles. The SMILES string of the molecule is COc1cccc(COc2ccc(S(=O)(=O)N3CCOCC3)cc2)c1. The van der Waals surface area contributed by atoms with Crippen molar-refractivity contribution in [1.29, 1.82) is 0 Å². The Labute approximate surface area is 148 Å². The Kier molecular flexibility index (Phi) is 5.57. The van der Waals surface area contributed by atoms with Crippen LogP contribution in [0, 0.1) is 0 Å². The second kappa shape index (κ2) is 7.86. The lowest BCUT2D eigenvalue weighted by Gasteiger charge is -2.26. The monoisotopic (exact) mass is 363 g/mol. The van der Waals surface area contributed by atoms with Crippen molar-refractivity contribution in [2.24, 2.45) is 0 Å². The highest BCUT2D eigenvalue weighted by Gasteiger charge is 2.26. The molecule has 7 heteroatoms. The van der Waals surface area contributed by atoms with Crippen LogP contribution >= 0.6 is 0 Å². The van der Waals surface area contributed by atoms with Gasteiger partial charge < -0.3 is 14.2 Å². The van der Waals surface area contributed by atoms with Crippen LogP contribution in [0.4, 0.5) is 0 Å². The Hall–Kier alpha value is -2.09. The maximum absolute atomic E-state index is 12.6. The van der Waals surface area contributed by atoms with Gasteiger partial charge in [-0.3, -0.25) is 0 Å². The maximum atomic E-state index is 12.6. The Balaban J connectivity index is 1.65. The van der Waals surface area contributed by atoms with Gasteiger partial charge in [-0.2, -0.15) is 4.31 Å². The molecule has 6 nitrogen and oxygen atoms in total. The number of nitrogens with zero attached hydrogens (tertiary/aromatic N) is 1. The highest BCUT2D eigenvalue weighted by Crippen LogP contribution is 2.21. The zero-order valence-corrected chi connectivity index (χ0v) is 14.9.